The van der Waals surface area contributed by atoms with E-state index in [2.05, 4.69) is 10.6 Å². The van der Waals surface area contributed by atoms with Crippen molar-refractivity contribution in [1.82, 2.24) is 10.6 Å². The van der Waals surface area contributed by atoms with Gasteiger partial charge in [-0.1, -0.05) is 12.1 Å². The molecular formula is C15H18N2O2. The lowest BCUT2D eigenvalue weighted by atomic mass is 9.88. The van der Waals surface area contributed by atoms with Crippen LogP contribution >= 0.6 is 0 Å². The summed E-state index contributed by atoms with van der Waals surface area (Å²) in [6.07, 6.45) is 2.83. The molecule has 3 rings (SSSR count). The highest BCUT2D eigenvalue weighted by Gasteiger charge is 2.24. The number of hydrogen-bond acceptors (Lipinski definition) is 3. The fourth-order valence-electron chi connectivity index (χ4n) is 2.88. The highest BCUT2D eigenvalue weighted by molar-refractivity contribution is 6.02. The monoisotopic (exact) mass is 258 g/mol. The quantitative estimate of drug-likeness (QED) is 0.783. The van der Waals surface area contributed by atoms with Crippen LogP contribution in [0.2, 0.25) is 0 Å². The number of piperidine rings is 1. The first-order valence-electron chi connectivity index (χ1n) is 6.92. The zero-order valence-electron chi connectivity index (χ0n) is 10.9. The van der Waals surface area contributed by atoms with Crippen LogP contribution in [0.1, 0.15) is 39.1 Å². The molecule has 1 amide bonds. The standard InChI is InChI=1S/C15H18N2O2/c18-14(12-2-1-6-16-9-12)11-4-3-10-5-7-17-15(19)13(10)8-11/h3-4,8,12,16H,1-2,5-7,9H2,(H,17,19). The molecule has 0 radical (unpaired) electrons. The van der Waals surface area contributed by atoms with Crippen molar-refractivity contribution in [3.8, 4) is 0 Å². The number of carbonyl (C=O) groups excluding carboxylic acids is 2. The van der Waals surface area contributed by atoms with Crippen LogP contribution in [0.5, 0.6) is 0 Å². The summed E-state index contributed by atoms with van der Waals surface area (Å²) in [5.74, 6) is 0.157. The zero-order chi connectivity index (χ0) is 13.2. The van der Waals surface area contributed by atoms with Gasteiger partial charge in [0.05, 0.1) is 0 Å². The Bertz CT molecular complexity index is 519. The highest BCUT2D eigenvalue weighted by atomic mass is 16.1. The van der Waals surface area contributed by atoms with E-state index in [0.29, 0.717) is 17.7 Å². The molecule has 2 heterocycles. The van der Waals surface area contributed by atoms with Crippen LogP contribution in [0.4, 0.5) is 0 Å². The van der Waals surface area contributed by atoms with Crippen LogP contribution in [-0.2, 0) is 6.42 Å². The predicted molar refractivity (Wildman–Crippen MR) is 72.4 cm³/mol. The second kappa shape index (κ2) is 5.13. The van der Waals surface area contributed by atoms with Gasteiger partial charge in [0.2, 0.25) is 0 Å². The molecule has 0 bridgehead atoms. The number of benzene rings is 1. The lowest BCUT2D eigenvalue weighted by Crippen LogP contribution is -2.35. The molecular weight excluding hydrogens is 240 g/mol. The third-order valence-electron chi connectivity index (χ3n) is 3.99. The van der Waals surface area contributed by atoms with E-state index in [9.17, 15) is 9.59 Å². The Morgan fingerprint density at radius 1 is 1.26 bits per heavy atom. The summed E-state index contributed by atoms with van der Waals surface area (Å²) >= 11 is 0. The first-order chi connectivity index (χ1) is 9.25. The molecule has 1 unspecified atom stereocenters. The molecule has 1 atom stereocenters. The summed E-state index contributed by atoms with van der Waals surface area (Å²) in [5.41, 5.74) is 2.38. The number of ketones is 1. The van der Waals surface area contributed by atoms with E-state index in [1.54, 1.807) is 6.07 Å². The van der Waals surface area contributed by atoms with Crippen LogP contribution in [0, 0.1) is 5.92 Å². The van der Waals surface area contributed by atoms with Gasteiger partial charge in [-0.25, -0.2) is 0 Å². The highest BCUT2D eigenvalue weighted by Crippen LogP contribution is 2.21. The fourth-order valence-corrected chi connectivity index (χ4v) is 2.88. The molecule has 1 fully saturated rings. The third kappa shape index (κ3) is 2.40. The van der Waals surface area contributed by atoms with Gasteiger partial charge >= 0.3 is 0 Å². The Labute approximate surface area is 112 Å². The molecule has 4 nitrogen and oxygen atoms in total. The summed E-state index contributed by atoms with van der Waals surface area (Å²) in [6.45, 7) is 2.43. The minimum Gasteiger partial charge on any atom is -0.352 e. The van der Waals surface area contributed by atoms with E-state index in [-0.39, 0.29) is 17.6 Å². The second-order valence-corrected chi connectivity index (χ2v) is 5.29. The Morgan fingerprint density at radius 2 is 2.16 bits per heavy atom. The number of fused-ring (bicyclic) bond motifs is 1. The number of rotatable bonds is 2. The van der Waals surface area contributed by atoms with Crippen LogP contribution in [0.25, 0.3) is 0 Å². The van der Waals surface area contributed by atoms with Gasteiger partial charge in [0.1, 0.15) is 0 Å². The van der Waals surface area contributed by atoms with Crippen LogP contribution < -0.4 is 10.6 Å². The van der Waals surface area contributed by atoms with Crippen LogP contribution in [0.3, 0.4) is 0 Å². The van der Waals surface area contributed by atoms with E-state index >= 15 is 0 Å². The summed E-state index contributed by atoms with van der Waals surface area (Å²) < 4.78 is 0. The fraction of sp³-hybridized carbons (Fsp3) is 0.467. The second-order valence-electron chi connectivity index (χ2n) is 5.29. The number of hydrogen-bond donors (Lipinski definition) is 2. The molecule has 2 N–H and O–H groups in total. The van der Waals surface area contributed by atoms with Crippen molar-refractivity contribution in [3.05, 3.63) is 34.9 Å². The van der Waals surface area contributed by atoms with Gasteiger partial charge in [0.15, 0.2) is 5.78 Å². The first-order valence-corrected chi connectivity index (χ1v) is 6.92. The Balaban J connectivity index is 1.86. The maximum absolute atomic E-state index is 12.4. The Hall–Kier alpha value is -1.68. The van der Waals surface area contributed by atoms with Crippen molar-refractivity contribution in [1.29, 1.82) is 0 Å². The van der Waals surface area contributed by atoms with Crippen molar-refractivity contribution in [2.24, 2.45) is 5.92 Å². The summed E-state index contributed by atoms with van der Waals surface area (Å²) in [4.78, 5) is 24.2. The molecule has 1 aromatic carbocycles. The number of Topliss-reactive ketones (excluding diaryl/α,β-unsaturated/α-hetero) is 1. The van der Waals surface area contributed by atoms with Gasteiger partial charge in [-0.15, -0.1) is 0 Å². The van der Waals surface area contributed by atoms with E-state index in [1.807, 2.05) is 12.1 Å². The lowest BCUT2D eigenvalue weighted by Gasteiger charge is -2.22. The molecule has 0 saturated carbocycles. The molecule has 4 heteroatoms. The van der Waals surface area contributed by atoms with E-state index < -0.39 is 0 Å². The van der Waals surface area contributed by atoms with Gasteiger partial charge in [0.25, 0.3) is 5.91 Å². The SMILES string of the molecule is O=C1NCCc2ccc(C(=O)C3CCCNC3)cc21. The minimum absolute atomic E-state index is 0.0541. The van der Waals surface area contributed by atoms with Crippen LogP contribution in [-0.4, -0.2) is 31.3 Å². The number of carbonyl (C=O) groups is 2. The molecule has 2 aliphatic heterocycles. The largest absolute Gasteiger partial charge is 0.352 e. The average molecular weight is 258 g/mol. The van der Waals surface area contributed by atoms with Gasteiger partial charge in [0, 0.05) is 30.1 Å². The maximum Gasteiger partial charge on any atom is 0.251 e. The Morgan fingerprint density at radius 3 is 2.95 bits per heavy atom. The number of amides is 1. The van der Waals surface area contributed by atoms with Gasteiger partial charge < -0.3 is 10.6 Å². The van der Waals surface area contributed by atoms with E-state index in [4.69, 9.17) is 0 Å². The van der Waals surface area contributed by atoms with Crippen molar-refractivity contribution >= 4 is 11.7 Å². The summed E-state index contributed by atoms with van der Waals surface area (Å²) in [7, 11) is 0. The van der Waals surface area contributed by atoms with Gasteiger partial charge in [-0.05, 0) is 37.4 Å². The average Bonchev–Trinajstić information content (AvgIpc) is 2.47. The normalized spacial score (nSPS) is 22.5. The summed E-state index contributed by atoms with van der Waals surface area (Å²) in [6, 6.07) is 5.56. The summed E-state index contributed by atoms with van der Waals surface area (Å²) in [5, 5.41) is 6.08. The molecule has 0 spiro atoms. The first kappa shape index (κ1) is 12.4. The van der Waals surface area contributed by atoms with Crippen molar-refractivity contribution < 1.29 is 9.59 Å². The molecule has 100 valence electrons. The van der Waals surface area contributed by atoms with Gasteiger partial charge in [-0.2, -0.15) is 0 Å². The molecule has 2 aliphatic rings. The van der Waals surface area contributed by atoms with E-state index in [1.165, 1.54) is 0 Å². The lowest BCUT2D eigenvalue weighted by molar-refractivity contribution is 0.0899. The predicted octanol–water partition coefficient (Wildman–Crippen LogP) is 1.15. The third-order valence-corrected chi connectivity index (χ3v) is 3.99. The molecule has 1 aromatic rings. The number of nitrogens with one attached hydrogen (secondary N) is 2. The van der Waals surface area contributed by atoms with Crippen molar-refractivity contribution in [2.75, 3.05) is 19.6 Å². The molecule has 0 aromatic heterocycles. The molecule has 1 saturated heterocycles. The van der Waals surface area contributed by atoms with Crippen LogP contribution in [0.15, 0.2) is 18.2 Å². The Kier molecular flexibility index (Phi) is 3.34. The molecule has 0 aliphatic carbocycles. The van der Waals surface area contributed by atoms with Crippen molar-refractivity contribution in [2.45, 2.75) is 19.3 Å². The zero-order valence-corrected chi connectivity index (χ0v) is 10.9. The smallest absolute Gasteiger partial charge is 0.251 e. The molecule has 19 heavy (non-hydrogen) atoms. The minimum atomic E-state index is -0.0577. The maximum atomic E-state index is 12.4. The topological polar surface area (TPSA) is 58.2 Å². The van der Waals surface area contributed by atoms with E-state index in [0.717, 1.165) is 37.9 Å². The van der Waals surface area contributed by atoms with Crippen molar-refractivity contribution in [3.63, 3.8) is 0 Å². The van der Waals surface area contributed by atoms with Gasteiger partial charge in [-0.3, -0.25) is 9.59 Å².